The van der Waals surface area contributed by atoms with Crippen LogP contribution in [0.2, 0.25) is 0 Å². The van der Waals surface area contributed by atoms with Gasteiger partial charge >= 0.3 is 0 Å². The molecule has 5 heteroatoms. The van der Waals surface area contributed by atoms with E-state index in [0.29, 0.717) is 5.92 Å². The van der Waals surface area contributed by atoms with Crippen molar-refractivity contribution in [1.29, 1.82) is 0 Å². The molecule has 0 radical (unpaired) electrons. The molecule has 0 N–H and O–H groups in total. The second kappa shape index (κ2) is 7.06. The van der Waals surface area contributed by atoms with E-state index in [1.54, 1.807) is 0 Å². The summed E-state index contributed by atoms with van der Waals surface area (Å²) < 4.78 is 5.14. The van der Waals surface area contributed by atoms with Gasteiger partial charge in [-0.3, -0.25) is 9.47 Å². The Balaban J connectivity index is 1.40. The summed E-state index contributed by atoms with van der Waals surface area (Å²) in [5, 5.41) is 4.95. The van der Waals surface area contributed by atoms with Gasteiger partial charge in [0.05, 0.1) is 13.2 Å². The van der Waals surface area contributed by atoms with Crippen molar-refractivity contribution in [3.63, 3.8) is 0 Å². The van der Waals surface area contributed by atoms with Crippen LogP contribution < -0.4 is 0 Å². The van der Waals surface area contributed by atoms with Crippen molar-refractivity contribution in [1.82, 2.24) is 19.2 Å². The number of nitrogens with zero attached hydrogens (tertiary/aromatic N) is 4. The summed E-state index contributed by atoms with van der Waals surface area (Å²) >= 11 is 5.84. The zero-order valence-corrected chi connectivity index (χ0v) is 16.2. The molecule has 2 aromatic carbocycles. The summed E-state index contributed by atoms with van der Waals surface area (Å²) in [7, 11) is 0. The van der Waals surface area contributed by atoms with Gasteiger partial charge in [-0.15, -0.1) is 0 Å². The molecule has 1 saturated carbocycles. The Hall–Kier alpha value is -2.24. The standard InChI is InChI=1S/C22H24N4S/c27-22-25(14-17-6-2-1-3-7-17)21(19-10-11-19)23-26(22)16-24-13-12-18-8-4-5-9-20(18)15-24/h1-9,19H,10-16H2. The van der Waals surface area contributed by atoms with Crippen molar-refractivity contribution < 1.29 is 0 Å². The Labute approximate surface area is 165 Å². The highest BCUT2D eigenvalue weighted by atomic mass is 32.1. The molecule has 3 aromatic rings. The third kappa shape index (κ3) is 3.49. The molecule has 0 atom stereocenters. The van der Waals surface area contributed by atoms with Crippen LogP contribution in [0.5, 0.6) is 0 Å². The van der Waals surface area contributed by atoms with E-state index in [-0.39, 0.29) is 0 Å². The van der Waals surface area contributed by atoms with Gasteiger partial charge in [0.1, 0.15) is 5.82 Å². The largest absolute Gasteiger partial charge is 0.299 e. The summed E-state index contributed by atoms with van der Waals surface area (Å²) in [5.74, 6) is 1.75. The van der Waals surface area contributed by atoms with Gasteiger partial charge in [-0.25, -0.2) is 4.68 Å². The lowest BCUT2D eigenvalue weighted by Gasteiger charge is -2.28. The fraction of sp³-hybridized carbons (Fsp3) is 0.364. The van der Waals surface area contributed by atoms with Gasteiger partial charge in [0.2, 0.25) is 0 Å². The van der Waals surface area contributed by atoms with Gasteiger partial charge in [0.15, 0.2) is 4.77 Å². The second-order valence-corrected chi connectivity index (χ2v) is 8.06. The average molecular weight is 377 g/mol. The van der Waals surface area contributed by atoms with Gasteiger partial charge in [-0.1, -0.05) is 54.6 Å². The van der Waals surface area contributed by atoms with Crippen molar-refractivity contribution in [2.24, 2.45) is 0 Å². The number of benzene rings is 2. The molecule has 5 rings (SSSR count). The van der Waals surface area contributed by atoms with Gasteiger partial charge in [0.25, 0.3) is 0 Å². The smallest absolute Gasteiger partial charge is 0.199 e. The van der Waals surface area contributed by atoms with E-state index in [1.807, 2.05) is 4.68 Å². The first-order valence-corrected chi connectivity index (χ1v) is 10.2. The lowest BCUT2D eigenvalue weighted by atomic mass is 10.0. The molecule has 2 aliphatic rings. The topological polar surface area (TPSA) is 26.0 Å². The molecule has 0 amide bonds. The highest BCUT2D eigenvalue weighted by Crippen LogP contribution is 2.39. The fourth-order valence-electron chi connectivity index (χ4n) is 3.97. The van der Waals surface area contributed by atoms with Crippen LogP contribution in [0.1, 0.15) is 41.3 Å². The Kier molecular flexibility index (Phi) is 4.42. The van der Waals surface area contributed by atoms with E-state index < -0.39 is 0 Å². The monoisotopic (exact) mass is 376 g/mol. The van der Waals surface area contributed by atoms with Gasteiger partial charge in [-0.05, 0) is 48.2 Å². The molecule has 1 aromatic heterocycles. The van der Waals surface area contributed by atoms with E-state index >= 15 is 0 Å². The first-order valence-electron chi connectivity index (χ1n) is 9.78. The zero-order valence-electron chi connectivity index (χ0n) is 15.4. The van der Waals surface area contributed by atoms with Gasteiger partial charge in [-0.2, -0.15) is 5.10 Å². The molecule has 138 valence electrons. The van der Waals surface area contributed by atoms with Crippen LogP contribution in [-0.4, -0.2) is 25.8 Å². The average Bonchev–Trinajstić information content (AvgIpc) is 3.51. The molecular weight excluding hydrogens is 352 g/mol. The molecule has 1 aliphatic heterocycles. The number of fused-ring (bicyclic) bond motifs is 1. The maximum atomic E-state index is 5.84. The third-order valence-corrected chi connectivity index (χ3v) is 6.05. The second-order valence-electron chi connectivity index (χ2n) is 7.70. The third-order valence-electron chi connectivity index (χ3n) is 5.62. The lowest BCUT2D eigenvalue weighted by molar-refractivity contribution is 0.187. The maximum absolute atomic E-state index is 5.84. The minimum absolute atomic E-state index is 0.582. The summed E-state index contributed by atoms with van der Waals surface area (Å²) in [6, 6.07) is 19.3. The molecule has 0 unspecified atom stereocenters. The first-order chi connectivity index (χ1) is 13.3. The van der Waals surface area contributed by atoms with Crippen LogP contribution in [0, 0.1) is 4.77 Å². The Morgan fingerprint density at radius 2 is 1.70 bits per heavy atom. The quantitative estimate of drug-likeness (QED) is 0.619. The minimum Gasteiger partial charge on any atom is -0.299 e. The molecular formula is C22H24N4S. The van der Waals surface area contributed by atoms with Crippen molar-refractivity contribution >= 4 is 12.2 Å². The normalized spacial score (nSPS) is 17.0. The molecule has 2 heterocycles. The Bertz CT molecular complexity index is 1000. The zero-order chi connectivity index (χ0) is 18.2. The SMILES string of the molecule is S=c1n(CN2CCc3ccccc3C2)nc(C2CC2)n1Cc1ccccc1. The van der Waals surface area contributed by atoms with Crippen molar-refractivity contribution in [3.8, 4) is 0 Å². The van der Waals surface area contributed by atoms with Crippen molar-refractivity contribution in [2.75, 3.05) is 6.54 Å². The molecule has 0 spiro atoms. The summed E-state index contributed by atoms with van der Waals surface area (Å²) in [5.41, 5.74) is 4.19. The molecule has 1 aliphatic carbocycles. The summed E-state index contributed by atoms with van der Waals surface area (Å²) in [6.45, 7) is 3.62. The van der Waals surface area contributed by atoms with E-state index in [0.717, 1.165) is 37.5 Å². The predicted octanol–water partition coefficient (Wildman–Crippen LogP) is 4.36. The van der Waals surface area contributed by atoms with E-state index in [4.69, 9.17) is 17.3 Å². The predicted molar refractivity (Wildman–Crippen MR) is 109 cm³/mol. The van der Waals surface area contributed by atoms with Crippen molar-refractivity contribution in [3.05, 3.63) is 81.9 Å². The molecule has 4 nitrogen and oxygen atoms in total. The molecule has 0 saturated heterocycles. The Morgan fingerprint density at radius 1 is 0.963 bits per heavy atom. The number of rotatable bonds is 5. The van der Waals surface area contributed by atoms with Crippen LogP contribution in [0.25, 0.3) is 0 Å². The number of hydrogen-bond acceptors (Lipinski definition) is 3. The van der Waals surface area contributed by atoms with Crippen LogP contribution in [0.15, 0.2) is 54.6 Å². The van der Waals surface area contributed by atoms with Crippen LogP contribution in [0.4, 0.5) is 0 Å². The molecule has 1 fully saturated rings. The Morgan fingerprint density at radius 3 is 2.48 bits per heavy atom. The summed E-state index contributed by atoms with van der Waals surface area (Å²) in [6.07, 6.45) is 3.57. The van der Waals surface area contributed by atoms with Gasteiger partial charge < -0.3 is 0 Å². The highest BCUT2D eigenvalue weighted by Gasteiger charge is 2.30. The number of hydrogen-bond donors (Lipinski definition) is 0. The number of aromatic nitrogens is 3. The molecule has 27 heavy (non-hydrogen) atoms. The first kappa shape index (κ1) is 16.9. The van der Waals surface area contributed by atoms with Gasteiger partial charge in [0, 0.05) is 19.0 Å². The van der Waals surface area contributed by atoms with E-state index in [1.165, 1.54) is 35.4 Å². The van der Waals surface area contributed by atoms with E-state index in [2.05, 4.69) is 64.1 Å². The van der Waals surface area contributed by atoms with Crippen LogP contribution in [-0.2, 0) is 26.2 Å². The fourth-order valence-corrected chi connectivity index (χ4v) is 4.23. The lowest BCUT2D eigenvalue weighted by Crippen LogP contribution is -2.32. The highest BCUT2D eigenvalue weighted by molar-refractivity contribution is 7.71. The molecule has 0 bridgehead atoms. The van der Waals surface area contributed by atoms with Crippen molar-refractivity contribution in [2.45, 2.75) is 44.9 Å². The maximum Gasteiger partial charge on any atom is 0.199 e. The van der Waals surface area contributed by atoms with E-state index in [9.17, 15) is 0 Å². The minimum atomic E-state index is 0.582. The van der Waals surface area contributed by atoms with Crippen LogP contribution >= 0.6 is 12.2 Å². The summed E-state index contributed by atoms with van der Waals surface area (Å²) in [4.78, 5) is 2.45. The van der Waals surface area contributed by atoms with Crippen LogP contribution in [0.3, 0.4) is 0 Å².